The fourth-order valence-electron chi connectivity index (χ4n) is 2.44. The Morgan fingerprint density at radius 2 is 2.08 bits per heavy atom. The Bertz CT molecular complexity index is 310. The maximum absolute atomic E-state index is 2.43. The summed E-state index contributed by atoms with van der Waals surface area (Å²) in [5.41, 5.74) is 6.34. The zero-order chi connectivity index (χ0) is 9.26. The van der Waals surface area contributed by atoms with Gasteiger partial charge in [0.05, 0.1) is 0 Å². The lowest BCUT2D eigenvalue weighted by molar-refractivity contribution is 0.906. The molecule has 0 N–H and O–H groups in total. The van der Waals surface area contributed by atoms with Crippen molar-refractivity contribution in [3.63, 3.8) is 0 Å². The molecule has 1 aromatic carbocycles. The predicted molar refractivity (Wildman–Crippen MR) is 57.2 cm³/mol. The number of hydrogen-bond donors (Lipinski definition) is 0. The van der Waals surface area contributed by atoms with Gasteiger partial charge in [0.2, 0.25) is 0 Å². The van der Waals surface area contributed by atoms with Crippen LogP contribution in [0.5, 0.6) is 0 Å². The lowest BCUT2D eigenvalue weighted by atomic mass is 9.98. The van der Waals surface area contributed by atoms with E-state index in [9.17, 15) is 0 Å². The first-order valence-corrected chi connectivity index (χ1v) is 5.42. The maximum Gasteiger partial charge on any atom is -0.0270 e. The van der Waals surface area contributed by atoms with Gasteiger partial charge in [-0.25, -0.2) is 0 Å². The van der Waals surface area contributed by atoms with Crippen LogP contribution in [0.4, 0.5) is 0 Å². The lowest BCUT2D eigenvalue weighted by Crippen LogP contribution is -1.92. The minimum Gasteiger partial charge on any atom is -0.0651 e. The topological polar surface area (TPSA) is 0 Å². The minimum absolute atomic E-state index is 1.24. The third-order valence-electron chi connectivity index (χ3n) is 3.04. The molecule has 0 heteroatoms. The molecule has 0 aromatic heterocycles. The van der Waals surface area contributed by atoms with Gasteiger partial charge in [0, 0.05) is 0 Å². The highest BCUT2D eigenvalue weighted by Crippen LogP contribution is 2.26. The Morgan fingerprint density at radius 3 is 2.85 bits per heavy atom. The van der Waals surface area contributed by atoms with Gasteiger partial charge in [0.1, 0.15) is 0 Å². The van der Waals surface area contributed by atoms with E-state index in [2.05, 4.69) is 26.0 Å². The van der Waals surface area contributed by atoms with Gasteiger partial charge >= 0.3 is 0 Å². The third kappa shape index (κ3) is 1.63. The van der Waals surface area contributed by atoms with Crippen LogP contribution in [-0.2, 0) is 19.3 Å². The Kier molecular flexibility index (Phi) is 2.39. The number of benzene rings is 1. The van der Waals surface area contributed by atoms with E-state index in [1.165, 1.54) is 37.7 Å². The van der Waals surface area contributed by atoms with Gasteiger partial charge in [-0.15, -0.1) is 0 Å². The molecule has 0 bridgehead atoms. The number of aryl methyl sites for hydroxylation is 3. The number of rotatable bonds is 2. The quantitative estimate of drug-likeness (QED) is 0.644. The smallest absolute Gasteiger partial charge is 0.0270 e. The molecular formula is C13H18. The molecule has 0 fully saturated rings. The summed E-state index contributed by atoms with van der Waals surface area (Å²) in [6, 6.07) is 4.81. The Hall–Kier alpha value is -0.780. The largest absolute Gasteiger partial charge is 0.0651 e. The monoisotopic (exact) mass is 174 g/mol. The van der Waals surface area contributed by atoms with E-state index < -0.39 is 0 Å². The van der Waals surface area contributed by atoms with Gasteiger partial charge in [0.25, 0.3) is 0 Å². The average molecular weight is 174 g/mol. The molecule has 0 unspecified atom stereocenters. The number of hydrogen-bond acceptors (Lipinski definition) is 0. The fourth-order valence-corrected chi connectivity index (χ4v) is 2.44. The fraction of sp³-hybridized carbons (Fsp3) is 0.538. The molecule has 0 saturated heterocycles. The van der Waals surface area contributed by atoms with E-state index in [4.69, 9.17) is 0 Å². The summed E-state index contributed by atoms with van der Waals surface area (Å²) in [5, 5.41) is 0. The van der Waals surface area contributed by atoms with E-state index in [0.717, 1.165) is 0 Å². The van der Waals surface area contributed by atoms with Gasteiger partial charge < -0.3 is 0 Å². The van der Waals surface area contributed by atoms with Crippen LogP contribution in [0, 0.1) is 6.92 Å². The van der Waals surface area contributed by atoms with Crippen molar-refractivity contribution in [2.24, 2.45) is 0 Å². The van der Waals surface area contributed by atoms with E-state index >= 15 is 0 Å². The van der Waals surface area contributed by atoms with Crippen LogP contribution in [0.3, 0.4) is 0 Å². The highest BCUT2D eigenvalue weighted by Gasteiger charge is 2.13. The first-order chi connectivity index (χ1) is 6.31. The minimum atomic E-state index is 1.24. The highest BCUT2D eigenvalue weighted by molar-refractivity contribution is 5.41. The van der Waals surface area contributed by atoms with Crippen LogP contribution >= 0.6 is 0 Å². The molecule has 70 valence electrons. The van der Waals surface area contributed by atoms with Gasteiger partial charge in [-0.05, 0) is 54.9 Å². The van der Waals surface area contributed by atoms with Crippen LogP contribution in [0.2, 0.25) is 0 Å². The van der Waals surface area contributed by atoms with Crippen LogP contribution in [0.25, 0.3) is 0 Å². The van der Waals surface area contributed by atoms with Crippen molar-refractivity contribution < 1.29 is 0 Å². The molecule has 0 heterocycles. The second-order valence-corrected chi connectivity index (χ2v) is 4.15. The molecule has 0 saturated carbocycles. The van der Waals surface area contributed by atoms with E-state index in [-0.39, 0.29) is 0 Å². The summed E-state index contributed by atoms with van der Waals surface area (Å²) in [7, 11) is 0. The van der Waals surface area contributed by atoms with E-state index in [1.54, 1.807) is 16.7 Å². The summed E-state index contributed by atoms with van der Waals surface area (Å²) in [5.74, 6) is 0. The zero-order valence-corrected chi connectivity index (χ0v) is 8.69. The van der Waals surface area contributed by atoms with E-state index in [0.29, 0.717) is 0 Å². The van der Waals surface area contributed by atoms with Gasteiger partial charge in [-0.1, -0.05) is 25.5 Å². The Morgan fingerprint density at radius 1 is 1.23 bits per heavy atom. The molecular weight excluding hydrogens is 156 g/mol. The van der Waals surface area contributed by atoms with Gasteiger partial charge in [0.15, 0.2) is 0 Å². The van der Waals surface area contributed by atoms with Crippen molar-refractivity contribution in [2.75, 3.05) is 0 Å². The summed E-state index contributed by atoms with van der Waals surface area (Å²) in [6.45, 7) is 4.52. The molecule has 0 amide bonds. The summed E-state index contributed by atoms with van der Waals surface area (Å²) >= 11 is 0. The van der Waals surface area contributed by atoms with Crippen molar-refractivity contribution in [3.8, 4) is 0 Å². The van der Waals surface area contributed by atoms with Crippen LogP contribution in [0.1, 0.15) is 42.0 Å². The van der Waals surface area contributed by atoms with Crippen LogP contribution < -0.4 is 0 Å². The first kappa shape index (κ1) is 8.80. The highest BCUT2D eigenvalue weighted by atomic mass is 14.2. The SMILES string of the molecule is CCCc1cc(C)c2c(c1)CCC2. The van der Waals surface area contributed by atoms with Gasteiger partial charge in [-0.2, -0.15) is 0 Å². The van der Waals surface area contributed by atoms with Crippen molar-refractivity contribution in [1.82, 2.24) is 0 Å². The molecule has 1 aromatic rings. The molecule has 1 aliphatic rings. The van der Waals surface area contributed by atoms with Crippen molar-refractivity contribution in [1.29, 1.82) is 0 Å². The molecule has 0 spiro atoms. The van der Waals surface area contributed by atoms with Gasteiger partial charge in [-0.3, -0.25) is 0 Å². The van der Waals surface area contributed by atoms with Crippen LogP contribution in [0.15, 0.2) is 12.1 Å². The van der Waals surface area contributed by atoms with E-state index in [1.807, 2.05) is 0 Å². The third-order valence-corrected chi connectivity index (χ3v) is 3.04. The second kappa shape index (κ2) is 3.53. The normalized spacial score (nSPS) is 14.6. The second-order valence-electron chi connectivity index (χ2n) is 4.15. The number of fused-ring (bicyclic) bond motifs is 1. The van der Waals surface area contributed by atoms with Crippen molar-refractivity contribution in [2.45, 2.75) is 46.0 Å². The Labute approximate surface area is 81.0 Å². The summed E-state index contributed by atoms with van der Waals surface area (Å²) in [6.07, 6.45) is 6.50. The zero-order valence-electron chi connectivity index (χ0n) is 8.69. The molecule has 2 rings (SSSR count). The summed E-state index contributed by atoms with van der Waals surface area (Å²) in [4.78, 5) is 0. The average Bonchev–Trinajstić information content (AvgIpc) is 2.53. The predicted octanol–water partition coefficient (Wildman–Crippen LogP) is 3.44. The first-order valence-electron chi connectivity index (χ1n) is 5.42. The lowest BCUT2D eigenvalue weighted by Gasteiger charge is -2.07. The molecule has 0 aliphatic heterocycles. The van der Waals surface area contributed by atoms with Crippen LogP contribution in [-0.4, -0.2) is 0 Å². The molecule has 0 atom stereocenters. The molecule has 0 radical (unpaired) electrons. The molecule has 1 aliphatic carbocycles. The van der Waals surface area contributed by atoms with Crippen molar-refractivity contribution >= 4 is 0 Å². The standard InChI is InChI=1S/C13H18/c1-3-5-11-8-10(2)13-7-4-6-12(13)9-11/h8-9H,3-7H2,1-2H3. The van der Waals surface area contributed by atoms with Crippen molar-refractivity contribution in [3.05, 3.63) is 34.4 Å². The Balaban J connectivity index is 2.37. The molecule has 13 heavy (non-hydrogen) atoms. The maximum atomic E-state index is 2.43. The summed E-state index contributed by atoms with van der Waals surface area (Å²) < 4.78 is 0. The molecule has 0 nitrogen and oxygen atoms in total.